The molecule has 0 radical (unpaired) electrons. The van der Waals surface area contributed by atoms with Gasteiger partial charge < -0.3 is 24.8 Å². The number of rotatable bonds is 7. The second kappa shape index (κ2) is 9.38. The first-order valence-corrected chi connectivity index (χ1v) is 8.66. The van der Waals surface area contributed by atoms with Crippen LogP contribution in [0.5, 0.6) is 17.2 Å². The summed E-state index contributed by atoms with van der Waals surface area (Å²) in [5.41, 5.74) is -0.596. The molecular formula is C20H21F3N2O5. The Morgan fingerprint density at radius 3 is 1.97 bits per heavy atom. The van der Waals surface area contributed by atoms with Crippen molar-refractivity contribution in [3.63, 3.8) is 0 Å². The summed E-state index contributed by atoms with van der Waals surface area (Å²) >= 11 is 0. The van der Waals surface area contributed by atoms with Gasteiger partial charge in [0.1, 0.15) is 0 Å². The molecular weight excluding hydrogens is 405 g/mol. The van der Waals surface area contributed by atoms with Gasteiger partial charge in [-0.3, -0.25) is 9.59 Å². The van der Waals surface area contributed by atoms with Crippen LogP contribution in [-0.2, 0) is 22.2 Å². The Hall–Kier alpha value is -3.43. The predicted molar refractivity (Wildman–Crippen MR) is 104 cm³/mol. The number of carbonyl (C=O) groups is 2. The molecule has 0 atom stereocenters. The molecule has 0 spiro atoms. The van der Waals surface area contributed by atoms with Gasteiger partial charge in [-0.2, -0.15) is 13.2 Å². The van der Waals surface area contributed by atoms with E-state index in [-0.39, 0.29) is 17.8 Å². The second-order valence-corrected chi connectivity index (χ2v) is 6.20. The maximum absolute atomic E-state index is 13.0. The minimum Gasteiger partial charge on any atom is -0.493 e. The number of halogens is 3. The summed E-state index contributed by atoms with van der Waals surface area (Å²) in [6.07, 6.45) is -4.79. The van der Waals surface area contributed by atoms with Gasteiger partial charge in [-0.05, 0) is 35.9 Å². The number of benzene rings is 2. The van der Waals surface area contributed by atoms with Crippen LogP contribution in [0.15, 0.2) is 30.3 Å². The minimum absolute atomic E-state index is 0.0498. The van der Waals surface area contributed by atoms with Gasteiger partial charge in [0.05, 0.1) is 44.7 Å². The molecule has 2 rings (SSSR count). The Bertz CT molecular complexity index is 920. The molecule has 0 bridgehead atoms. The van der Waals surface area contributed by atoms with Gasteiger partial charge in [-0.1, -0.05) is 0 Å². The van der Waals surface area contributed by atoms with Crippen molar-refractivity contribution in [2.45, 2.75) is 19.5 Å². The molecule has 2 aromatic carbocycles. The van der Waals surface area contributed by atoms with Crippen molar-refractivity contribution in [3.05, 3.63) is 41.5 Å². The lowest BCUT2D eigenvalue weighted by molar-refractivity contribution is -0.137. The normalized spacial score (nSPS) is 10.9. The third-order valence-corrected chi connectivity index (χ3v) is 4.02. The molecule has 0 heterocycles. The third kappa shape index (κ3) is 5.56. The highest BCUT2D eigenvalue weighted by Crippen LogP contribution is 2.38. The molecule has 0 aliphatic heterocycles. The molecule has 7 nitrogen and oxygen atoms in total. The fourth-order valence-electron chi connectivity index (χ4n) is 2.74. The summed E-state index contributed by atoms with van der Waals surface area (Å²) in [5.74, 6) is -0.0876. The standard InChI is InChI=1S/C20H21F3N2O5/c1-11(26)24-14-6-5-13(20(21,22)23)10-15(14)25-18(27)9-12-7-16(28-2)19(30-4)17(8-12)29-3/h5-8,10H,9H2,1-4H3,(H,24,26)(H,25,27). The van der Waals surface area contributed by atoms with Crippen molar-refractivity contribution in [1.29, 1.82) is 0 Å². The second-order valence-electron chi connectivity index (χ2n) is 6.20. The molecule has 162 valence electrons. The van der Waals surface area contributed by atoms with Gasteiger partial charge in [-0.15, -0.1) is 0 Å². The fraction of sp³-hybridized carbons (Fsp3) is 0.300. The number of hydrogen-bond donors (Lipinski definition) is 2. The van der Waals surface area contributed by atoms with Crippen LogP contribution in [0, 0.1) is 0 Å². The lowest BCUT2D eigenvalue weighted by Crippen LogP contribution is -2.18. The first-order chi connectivity index (χ1) is 14.1. The average molecular weight is 426 g/mol. The molecule has 0 saturated heterocycles. The van der Waals surface area contributed by atoms with Gasteiger partial charge in [0.15, 0.2) is 11.5 Å². The molecule has 0 aliphatic rings. The van der Waals surface area contributed by atoms with E-state index in [1.807, 2.05) is 0 Å². The summed E-state index contributed by atoms with van der Waals surface area (Å²) < 4.78 is 54.8. The predicted octanol–water partition coefficient (Wildman–Crippen LogP) is 3.87. The summed E-state index contributed by atoms with van der Waals surface area (Å²) in [5, 5.41) is 4.81. The molecule has 2 aromatic rings. The maximum Gasteiger partial charge on any atom is 0.416 e. The van der Waals surface area contributed by atoms with Crippen molar-refractivity contribution < 1.29 is 37.0 Å². The quantitative estimate of drug-likeness (QED) is 0.702. The van der Waals surface area contributed by atoms with Crippen LogP contribution in [-0.4, -0.2) is 33.1 Å². The highest BCUT2D eigenvalue weighted by Gasteiger charge is 2.31. The SMILES string of the molecule is COc1cc(CC(=O)Nc2cc(C(F)(F)F)ccc2NC(C)=O)cc(OC)c1OC. The lowest BCUT2D eigenvalue weighted by Gasteiger charge is -2.16. The zero-order valence-electron chi connectivity index (χ0n) is 16.8. The Morgan fingerprint density at radius 2 is 1.50 bits per heavy atom. The van der Waals surface area contributed by atoms with Crippen LogP contribution in [0.3, 0.4) is 0 Å². The number of anilines is 2. The Balaban J connectivity index is 2.32. The number of hydrogen-bond acceptors (Lipinski definition) is 5. The van der Waals surface area contributed by atoms with Crippen LogP contribution >= 0.6 is 0 Å². The number of nitrogens with one attached hydrogen (secondary N) is 2. The fourth-order valence-corrected chi connectivity index (χ4v) is 2.74. The number of methoxy groups -OCH3 is 3. The van der Waals surface area contributed by atoms with E-state index >= 15 is 0 Å². The average Bonchev–Trinajstić information content (AvgIpc) is 2.67. The van der Waals surface area contributed by atoms with Crippen LogP contribution in [0.2, 0.25) is 0 Å². The van der Waals surface area contributed by atoms with Crippen LogP contribution in [0.1, 0.15) is 18.1 Å². The van der Waals surface area contributed by atoms with E-state index in [9.17, 15) is 22.8 Å². The van der Waals surface area contributed by atoms with E-state index < -0.39 is 23.6 Å². The number of carbonyl (C=O) groups excluding carboxylic acids is 2. The van der Waals surface area contributed by atoms with E-state index in [0.29, 0.717) is 22.8 Å². The zero-order chi connectivity index (χ0) is 22.5. The first-order valence-electron chi connectivity index (χ1n) is 8.66. The summed E-state index contributed by atoms with van der Waals surface area (Å²) in [7, 11) is 4.27. The molecule has 0 unspecified atom stereocenters. The van der Waals surface area contributed by atoms with Crippen molar-refractivity contribution in [2.24, 2.45) is 0 Å². The third-order valence-electron chi connectivity index (χ3n) is 4.02. The largest absolute Gasteiger partial charge is 0.493 e. The van der Waals surface area contributed by atoms with Crippen LogP contribution < -0.4 is 24.8 Å². The van der Waals surface area contributed by atoms with E-state index in [1.165, 1.54) is 28.3 Å². The number of amides is 2. The Labute approximate surface area is 171 Å². The molecule has 0 saturated carbocycles. The minimum atomic E-state index is -4.61. The van der Waals surface area contributed by atoms with E-state index in [2.05, 4.69) is 10.6 Å². The van der Waals surface area contributed by atoms with E-state index in [0.717, 1.165) is 18.2 Å². The van der Waals surface area contributed by atoms with Crippen molar-refractivity contribution >= 4 is 23.2 Å². The van der Waals surface area contributed by atoms with Gasteiger partial charge in [0.2, 0.25) is 17.6 Å². The highest BCUT2D eigenvalue weighted by atomic mass is 19.4. The molecule has 0 fully saturated rings. The first kappa shape index (κ1) is 22.9. The van der Waals surface area contributed by atoms with Gasteiger partial charge >= 0.3 is 6.18 Å². The molecule has 10 heteroatoms. The van der Waals surface area contributed by atoms with E-state index in [1.54, 1.807) is 12.1 Å². The van der Waals surface area contributed by atoms with Gasteiger partial charge in [0, 0.05) is 6.92 Å². The lowest BCUT2D eigenvalue weighted by atomic mass is 10.1. The number of alkyl halides is 3. The van der Waals surface area contributed by atoms with Crippen molar-refractivity contribution in [3.8, 4) is 17.2 Å². The van der Waals surface area contributed by atoms with Crippen LogP contribution in [0.25, 0.3) is 0 Å². The van der Waals surface area contributed by atoms with E-state index in [4.69, 9.17) is 14.2 Å². The summed E-state index contributed by atoms with van der Waals surface area (Å²) in [6, 6.07) is 5.78. The molecule has 30 heavy (non-hydrogen) atoms. The summed E-state index contributed by atoms with van der Waals surface area (Å²) in [4.78, 5) is 23.9. The van der Waals surface area contributed by atoms with Crippen molar-refractivity contribution in [2.75, 3.05) is 32.0 Å². The van der Waals surface area contributed by atoms with Crippen LogP contribution in [0.4, 0.5) is 24.5 Å². The van der Waals surface area contributed by atoms with Crippen molar-refractivity contribution in [1.82, 2.24) is 0 Å². The Morgan fingerprint density at radius 1 is 0.900 bits per heavy atom. The Kier molecular flexibility index (Phi) is 7.14. The summed E-state index contributed by atoms with van der Waals surface area (Å²) in [6.45, 7) is 1.21. The number of ether oxygens (including phenoxy) is 3. The molecule has 2 amide bonds. The topological polar surface area (TPSA) is 85.9 Å². The molecule has 0 aliphatic carbocycles. The highest BCUT2D eigenvalue weighted by molar-refractivity contribution is 5.99. The zero-order valence-corrected chi connectivity index (χ0v) is 16.8. The monoisotopic (exact) mass is 426 g/mol. The molecule has 0 aromatic heterocycles. The van der Waals surface area contributed by atoms with Gasteiger partial charge in [0.25, 0.3) is 0 Å². The van der Waals surface area contributed by atoms with Gasteiger partial charge in [-0.25, -0.2) is 0 Å². The smallest absolute Gasteiger partial charge is 0.416 e. The molecule has 2 N–H and O–H groups in total. The maximum atomic E-state index is 13.0.